The van der Waals surface area contributed by atoms with Crippen LogP contribution in [0.3, 0.4) is 0 Å². The molecule has 1 atom stereocenters. The summed E-state index contributed by atoms with van der Waals surface area (Å²) in [5.74, 6) is 0.134. The number of hydrogen-bond donors (Lipinski definition) is 0. The fourth-order valence-corrected chi connectivity index (χ4v) is 1.35. The lowest BCUT2D eigenvalue weighted by molar-refractivity contribution is -0.127. The highest BCUT2D eigenvalue weighted by Crippen LogP contribution is 2.01. The fraction of sp³-hybridized carbons (Fsp3) is 0.917. The zero-order chi connectivity index (χ0) is 12.7. The van der Waals surface area contributed by atoms with E-state index in [4.69, 9.17) is 0 Å². The van der Waals surface area contributed by atoms with Crippen molar-refractivity contribution in [1.82, 2.24) is 14.7 Å². The van der Waals surface area contributed by atoms with E-state index in [0.29, 0.717) is 6.04 Å². The third kappa shape index (κ3) is 6.80. The van der Waals surface area contributed by atoms with Crippen molar-refractivity contribution in [3.05, 3.63) is 0 Å². The molecule has 0 aliphatic rings. The van der Waals surface area contributed by atoms with E-state index in [9.17, 15) is 4.79 Å². The highest BCUT2D eigenvalue weighted by molar-refractivity contribution is 5.72. The number of hydrogen-bond acceptors (Lipinski definition) is 3. The molecule has 0 aliphatic heterocycles. The monoisotopic (exact) mass is 229 g/mol. The first-order valence-corrected chi connectivity index (χ1v) is 5.91. The van der Waals surface area contributed by atoms with Crippen molar-refractivity contribution in [2.75, 3.05) is 47.8 Å². The molecule has 4 heteroatoms. The first kappa shape index (κ1) is 15.4. The molecule has 0 aromatic rings. The Kier molecular flexibility index (Phi) is 7.34. The molecule has 0 aliphatic carbocycles. The van der Waals surface area contributed by atoms with Gasteiger partial charge < -0.3 is 14.7 Å². The van der Waals surface area contributed by atoms with Gasteiger partial charge >= 0.3 is 0 Å². The molecule has 0 N–H and O–H groups in total. The summed E-state index contributed by atoms with van der Waals surface area (Å²) in [5.41, 5.74) is 0. The van der Waals surface area contributed by atoms with Crippen LogP contribution < -0.4 is 0 Å². The van der Waals surface area contributed by atoms with Crippen molar-refractivity contribution in [1.29, 1.82) is 0 Å². The second-order valence-corrected chi connectivity index (χ2v) is 4.86. The number of carbonyl (C=O) groups excluding carboxylic acids is 1. The number of likely N-dealkylation sites (N-methyl/N-ethyl adjacent to an activating group) is 2. The van der Waals surface area contributed by atoms with Crippen LogP contribution in [-0.2, 0) is 4.79 Å². The van der Waals surface area contributed by atoms with Crippen molar-refractivity contribution in [3.63, 3.8) is 0 Å². The molecular weight excluding hydrogens is 202 g/mol. The number of nitrogens with zero attached hydrogens (tertiary/aromatic N) is 3. The lowest BCUT2D eigenvalue weighted by Gasteiger charge is -2.27. The van der Waals surface area contributed by atoms with Gasteiger partial charge in [0.15, 0.2) is 0 Å². The topological polar surface area (TPSA) is 26.8 Å². The molecule has 0 saturated carbocycles. The smallest absolute Gasteiger partial charge is 0.219 e. The van der Waals surface area contributed by atoms with E-state index in [1.165, 1.54) is 0 Å². The molecule has 4 nitrogen and oxygen atoms in total. The Hall–Kier alpha value is -0.610. The van der Waals surface area contributed by atoms with Crippen molar-refractivity contribution in [3.8, 4) is 0 Å². The standard InChI is InChI=1S/C12H27N3O/c1-11(7-8-13(3)4)14(5)9-10-15(6)12(2)16/h11H,7-10H2,1-6H3. The summed E-state index contributed by atoms with van der Waals surface area (Å²) in [6.45, 7) is 6.68. The second kappa shape index (κ2) is 7.63. The van der Waals surface area contributed by atoms with Crippen LogP contribution in [0.25, 0.3) is 0 Å². The van der Waals surface area contributed by atoms with Crippen LogP contribution in [-0.4, -0.2) is 74.5 Å². The second-order valence-electron chi connectivity index (χ2n) is 4.86. The highest BCUT2D eigenvalue weighted by Gasteiger charge is 2.10. The van der Waals surface area contributed by atoms with Gasteiger partial charge in [0.2, 0.25) is 5.91 Å². The lowest BCUT2D eigenvalue weighted by Crippen LogP contribution is -2.38. The van der Waals surface area contributed by atoms with Crippen LogP contribution in [0.2, 0.25) is 0 Å². The predicted molar refractivity (Wildman–Crippen MR) is 68.6 cm³/mol. The van der Waals surface area contributed by atoms with Crippen LogP contribution in [0.1, 0.15) is 20.3 Å². The minimum Gasteiger partial charge on any atom is -0.345 e. The van der Waals surface area contributed by atoms with Gasteiger partial charge in [-0.15, -0.1) is 0 Å². The average Bonchev–Trinajstić information content (AvgIpc) is 2.21. The Labute approximate surface area is 100 Å². The van der Waals surface area contributed by atoms with Crippen LogP contribution in [0, 0.1) is 0 Å². The molecule has 0 spiro atoms. The van der Waals surface area contributed by atoms with E-state index in [2.05, 4.69) is 37.9 Å². The molecule has 0 aromatic heterocycles. The van der Waals surface area contributed by atoms with E-state index in [1.54, 1.807) is 11.8 Å². The van der Waals surface area contributed by atoms with Gasteiger partial charge in [-0.2, -0.15) is 0 Å². The van der Waals surface area contributed by atoms with E-state index in [-0.39, 0.29) is 5.91 Å². The van der Waals surface area contributed by atoms with Crippen molar-refractivity contribution < 1.29 is 4.79 Å². The molecule has 1 amide bonds. The highest BCUT2D eigenvalue weighted by atomic mass is 16.2. The molecule has 1 unspecified atom stereocenters. The molecular formula is C12H27N3O. The maximum Gasteiger partial charge on any atom is 0.219 e. The summed E-state index contributed by atoms with van der Waals surface area (Å²) in [6, 6.07) is 0.558. The summed E-state index contributed by atoms with van der Waals surface area (Å²) in [4.78, 5) is 17.3. The van der Waals surface area contributed by atoms with Crippen molar-refractivity contribution >= 4 is 5.91 Å². The van der Waals surface area contributed by atoms with Gasteiger partial charge in [-0.25, -0.2) is 0 Å². The van der Waals surface area contributed by atoms with Crippen LogP contribution in [0.5, 0.6) is 0 Å². The lowest BCUT2D eigenvalue weighted by atomic mass is 10.2. The number of amides is 1. The van der Waals surface area contributed by atoms with Crippen LogP contribution in [0.4, 0.5) is 0 Å². The molecule has 0 saturated heterocycles. The molecule has 0 heterocycles. The SMILES string of the molecule is CC(=O)N(C)CCN(C)C(C)CCN(C)C. The Morgan fingerprint density at radius 3 is 2.06 bits per heavy atom. The maximum absolute atomic E-state index is 11.0. The molecule has 0 rings (SSSR count). The van der Waals surface area contributed by atoms with Gasteiger partial charge in [0.1, 0.15) is 0 Å². The van der Waals surface area contributed by atoms with Gasteiger partial charge in [-0.3, -0.25) is 4.79 Å². The first-order chi connectivity index (χ1) is 7.34. The first-order valence-electron chi connectivity index (χ1n) is 5.91. The predicted octanol–water partition coefficient (Wildman–Crippen LogP) is 0.737. The fourth-order valence-electron chi connectivity index (χ4n) is 1.35. The largest absolute Gasteiger partial charge is 0.345 e. The van der Waals surface area contributed by atoms with Crippen LogP contribution in [0.15, 0.2) is 0 Å². The van der Waals surface area contributed by atoms with Crippen molar-refractivity contribution in [2.45, 2.75) is 26.3 Å². The summed E-state index contributed by atoms with van der Waals surface area (Å²) >= 11 is 0. The zero-order valence-electron chi connectivity index (χ0n) is 11.7. The van der Waals surface area contributed by atoms with E-state index >= 15 is 0 Å². The minimum absolute atomic E-state index is 0.134. The Morgan fingerprint density at radius 1 is 1.06 bits per heavy atom. The Balaban J connectivity index is 3.78. The Bertz CT molecular complexity index is 206. The molecule has 0 bridgehead atoms. The molecule has 0 radical (unpaired) electrons. The Morgan fingerprint density at radius 2 is 1.62 bits per heavy atom. The summed E-state index contributed by atoms with van der Waals surface area (Å²) in [7, 11) is 8.15. The van der Waals surface area contributed by atoms with Crippen molar-refractivity contribution in [2.24, 2.45) is 0 Å². The third-order valence-electron chi connectivity index (χ3n) is 3.07. The minimum atomic E-state index is 0.134. The van der Waals surface area contributed by atoms with Gasteiger partial charge in [-0.1, -0.05) is 0 Å². The summed E-state index contributed by atoms with van der Waals surface area (Å²) in [5, 5.41) is 0. The maximum atomic E-state index is 11.0. The normalized spacial score (nSPS) is 13.2. The molecule has 0 aromatic carbocycles. The molecule has 16 heavy (non-hydrogen) atoms. The quantitative estimate of drug-likeness (QED) is 0.644. The summed E-state index contributed by atoms with van der Waals surface area (Å²) in [6.07, 6.45) is 1.16. The van der Waals surface area contributed by atoms with E-state index in [1.807, 2.05) is 7.05 Å². The zero-order valence-corrected chi connectivity index (χ0v) is 11.7. The third-order valence-corrected chi connectivity index (χ3v) is 3.07. The van der Waals surface area contributed by atoms with Gasteiger partial charge in [0.05, 0.1) is 0 Å². The van der Waals surface area contributed by atoms with E-state index < -0.39 is 0 Å². The van der Waals surface area contributed by atoms with Gasteiger partial charge in [-0.05, 0) is 41.0 Å². The molecule has 96 valence electrons. The number of carbonyl (C=O) groups is 1. The average molecular weight is 229 g/mol. The van der Waals surface area contributed by atoms with Crippen LogP contribution >= 0.6 is 0 Å². The number of rotatable bonds is 7. The van der Waals surface area contributed by atoms with Gasteiger partial charge in [0, 0.05) is 33.1 Å². The summed E-state index contributed by atoms with van der Waals surface area (Å²) < 4.78 is 0. The molecule has 0 fully saturated rings. The van der Waals surface area contributed by atoms with Gasteiger partial charge in [0.25, 0.3) is 0 Å². The van der Waals surface area contributed by atoms with E-state index in [0.717, 1.165) is 26.1 Å².